The molecule has 11 heteroatoms. The van der Waals surface area contributed by atoms with E-state index in [1.807, 2.05) is 25.6 Å². The van der Waals surface area contributed by atoms with Crippen LogP contribution in [-0.4, -0.2) is 61.2 Å². The predicted molar refractivity (Wildman–Crippen MR) is 97.7 cm³/mol. The molecule has 0 amide bonds. The second-order valence-electron chi connectivity index (χ2n) is 6.62. The van der Waals surface area contributed by atoms with Crippen molar-refractivity contribution in [1.29, 1.82) is 0 Å². The first-order valence-corrected chi connectivity index (χ1v) is 8.88. The summed E-state index contributed by atoms with van der Waals surface area (Å²) in [7, 11) is 2.04. The normalized spacial score (nSPS) is 17.0. The first-order valence-electron chi connectivity index (χ1n) is 8.88. The van der Waals surface area contributed by atoms with Gasteiger partial charge in [-0.15, -0.1) is 6.58 Å². The number of carbonyl (C=O) groups is 1. The van der Waals surface area contributed by atoms with Crippen molar-refractivity contribution < 1.29 is 27.8 Å². The molecule has 0 aromatic carbocycles. The number of rotatable bonds is 6. The maximum Gasteiger partial charge on any atom is 0.490 e. The van der Waals surface area contributed by atoms with Crippen molar-refractivity contribution in [3.05, 3.63) is 48.8 Å². The van der Waals surface area contributed by atoms with Crippen LogP contribution in [0.3, 0.4) is 0 Å². The van der Waals surface area contributed by atoms with Crippen LogP contribution in [0.25, 0.3) is 0 Å². The highest BCUT2D eigenvalue weighted by atomic mass is 19.4. The summed E-state index contributed by atoms with van der Waals surface area (Å²) in [6, 6.07) is 2.10. The van der Waals surface area contributed by atoms with Crippen LogP contribution in [0.15, 0.2) is 37.3 Å². The molecule has 0 radical (unpaired) electrons. The van der Waals surface area contributed by atoms with Gasteiger partial charge in [-0.05, 0) is 6.07 Å². The van der Waals surface area contributed by atoms with Crippen LogP contribution < -0.4 is 0 Å². The molecular weight excluding hydrogens is 391 g/mol. The van der Waals surface area contributed by atoms with Gasteiger partial charge in [0.2, 0.25) is 0 Å². The Hall–Kier alpha value is -2.66. The molecular formula is C18H24F3N5O3. The molecule has 1 unspecified atom stereocenters. The van der Waals surface area contributed by atoms with Crippen molar-refractivity contribution in [3.63, 3.8) is 0 Å². The molecule has 3 heterocycles. The van der Waals surface area contributed by atoms with Gasteiger partial charge in [-0.2, -0.15) is 18.3 Å². The zero-order chi connectivity index (χ0) is 21.4. The summed E-state index contributed by atoms with van der Waals surface area (Å²) >= 11 is 0. The fourth-order valence-corrected chi connectivity index (χ4v) is 2.91. The number of hydrogen-bond donors (Lipinski definition) is 1. The van der Waals surface area contributed by atoms with Crippen molar-refractivity contribution in [2.24, 2.45) is 13.0 Å². The van der Waals surface area contributed by atoms with Crippen LogP contribution in [0.2, 0.25) is 0 Å². The quantitative estimate of drug-likeness (QED) is 0.575. The molecule has 3 rings (SSSR count). The predicted octanol–water partition coefficient (Wildman–Crippen LogP) is 2.08. The van der Waals surface area contributed by atoms with Crippen molar-refractivity contribution in [1.82, 2.24) is 24.2 Å². The molecule has 1 N–H and O–H groups in total. The van der Waals surface area contributed by atoms with E-state index in [-0.39, 0.29) is 0 Å². The molecule has 1 atom stereocenters. The Bertz CT molecular complexity index is 803. The van der Waals surface area contributed by atoms with Crippen LogP contribution >= 0.6 is 0 Å². The van der Waals surface area contributed by atoms with Gasteiger partial charge in [-0.3, -0.25) is 9.58 Å². The Morgan fingerprint density at radius 1 is 1.41 bits per heavy atom. The topological polar surface area (TPSA) is 85.4 Å². The summed E-state index contributed by atoms with van der Waals surface area (Å²) < 4.78 is 41.6. The molecule has 0 spiro atoms. The number of alkyl halides is 3. The van der Waals surface area contributed by atoms with Crippen molar-refractivity contribution in [2.75, 3.05) is 19.8 Å². The molecule has 1 aliphatic rings. The number of fused-ring (bicyclic) bond motifs is 1. The average molecular weight is 415 g/mol. The van der Waals surface area contributed by atoms with E-state index in [0.29, 0.717) is 12.5 Å². The third-order valence-corrected chi connectivity index (χ3v) is 4.26. The number of carboxylic acids is 1. The smallest absolute Gasteiger partial charge is 0.475 e. The van der Waals surface area contributed by atoms with E-state index < -0.39 is 12.1 Å². The Morgan fingerprint density at radius 3 is 2.72 bits per heavy atom. The third kappa shape index (κ3) is 7.02. The van der Waals surface area contributed by atoms with Gasteiger partial charge in [0.1, 0.15) is 5.82 Å². The number of ether oxygens (including phenoxy) is 1. The molecule has 0 fully saturated rings. The average Bonchev–Trinajstić information content (AvgIpc) is 3.20. The molecule has 1 aliphatic heterocycles. The largest absolute Gasteiger partial charge is 0.490 e. The fraction of sp³-hybridized carbons (Fsp3) is 0.500. The molecule has 0 bridgehead atoms. The highest BCUT2D eigenvalue weighted by molar-refractivity contribution is 5.73. The Morgan fingerprint density at radius 2 is 2.14 bits per heavy atom. The number of halogens is 3. The van der Waals surface area contributed by atoms with E-state index in [1.165, 1.54) is 5.69 Å². The second kappa shape index (κ2) is 10.2. The lowest BCUT2D eigenvalue weighted by Crippen LogP contribution is -2.31. The molecule has 2 aromatic heterocycles. The van der Waals surface area contributed by atoms with Gasteiger partial charge in [0.25, 0.3) is 0 Å². The second-order valence-corrected chi connectivity index (χ2v) is 6.62. The van der Waals surface area contributed by atoms with Crippen LogP contribution in [0.5, 0.6) is 0 Å². The monoisotopic (exact) mass is 415 g/mol. The van der Waals surface area contributed by atoms with Crippen LogP contribution in [0.4, 0.5) is 13.2 Å². The summed E-state index contributed by atoms with van der Waals surface area (Å²) in [6.07, 6.45) is 2.42. The van der Waals surface area contributed by atoms with Crippen LogP contribution in [0, 0.1) is 5.92 Å². The Balaban J connectivity index is 0.000000370. The summed E-state index contributed by atoms with van der Waals surface area (Å²) in [5.74, 6) is -1.26. The zero-order valence-electron chi connectivity index (χ0n) is 16.0. The van der Waals surface area contributed by atoms with Crippen molar-refractivity contribution >= 4 is 5.97 Å². The SMILES string of the molecule is C=CCOCC1CN(Cc2nccn2C)Cc2ccnn2C1.O=C(O)C(F)(F)F. The standard InChI is InChI=1S/C16H23N5O.C2HF3O2/c1-3-8-22-13-14-9-20(12-16-17-6-7-19(16)2)11-15-4-5-18-21(15)10-14;3-2(4,5)1(6)7/h3-7,14H,1,8-13H2,2H3;(H,6,7). The minimum Gasteiger partial charge on any atom is -0.475 e. The molecule has 0 aliphatic carbocycles. The lowest BCUT2D eigenvalue weighted by atomic mass is 10.1. The minimum atomic E-state index is -5.08. The summed E-state index contributed by atoms with van der Waals surface area (Å²) in [6.45, 7) is 8.64. The van der Waals surface area contributed by atoms with E-state index in [2.05, 4.69) is 36.9 Å². The Kier molecular flexibility index (Phi) is 7.97. The van der Waals surface area contributed by atoms with Gasteiger partial charge >= 0.3 is 12.1 Å². The number of aliphatic carboxylic acids is 1. The first kappa shape index (κ1) is 22.6. The number of nitrogens with zero attached hydrogens (tertiary/aromatic N) is 5. The zero-order valence-corrected chi connectivity index (χ0v) is 16.0. The van der Waals surface area contributed by atoms with Gasteiger partial charge < -0.3 is 14.4 Å². The highest BCUT2D eigenvalue weighted by Crippen LogP contribution is 2.18. The summed E-state index contributed by atoms with van der Waals surface area (Å²) in [5, 5.41) is 11.6. The van der Waals surface area contributed by atoms with Gasteiger partial charge in [0, 0.05) is 51.2 Å². The Labute approximate surface area is 166 Å². The molecule has 2 aromatic rings. The van der Waals surface area contributed by atoms with E-state index in [1.54, 1.807) is 6.08 Å². The minimum absolute atomic E-state index is 0.418. The number of aromatic nitrogens is 4. The lowest BCUT2D eigenvalue weighted by molar-refractivity contribution is -0.192. The fourth-order valence-electron chi connectivity index (χ4n) is 2.91. The number of carboxylic acid groups (broad SMARTS) is 1. The lowest BCUT2D eigenvalue weighted by Gasteiger charge is -2.23. The van der Waals surface area contributed by atoms with E-state index in [4.69, 9.17) is 14.6 Å². The van der Waals surface area contributed by atoms with E-state index in [9.17, 15) is 13.2 Å². The number of imidazole rings is 1. The highest BCUT2D eigenvalue weighted by Gasteiger charge is 2.38. The molecule has 29 heavy (non-hydrogen) atoms. The first-order chi connectivity index (χ1) is 13.7. The summed E-state index contributed by atoms with van der Waals surface area (Å²) in [4.78, 5) is 15.8. The number of hydrogen-bond acceptors (Lipinski definition) is 5. The molecule has 8 nitrogen and oxygen atoms in total. The molecule has 0 saturated carbocycles. The van der Waals surface area contributed by atoms with Crippen LogP contribution in [0.1, 0.15) is 11.5 Å². The number of aryl methyl sites for hydroxylation is 1. The van der Waals surface area contributed by atoms with Crippen molar-refractivity contribution in [3.8, 4) is 0 Å². The van der Waals surface area contributed by atoms with Gasteiger partial charge in [0.15, 0.2) is 0 Å². The van der Waals surface area contributed by atoms with E-state index in [0.717, 1.165) is 38.6 Å². The maximum atomic E-state index is 10.6. The summed E-state index contributed by atoms with van der Waals surface area (Å²) in [5.41, 5.74) is 1.25. The molecule has 160 valence electrons. The van der Waals surface area contributed by atoms with Gasteiger partial charge in [-0.25, -0.2) is 9.78 Å². The van der Waals surface area contributed by atoms with Gasteiger partial charge in [0.05, 0.1) is 25.5 Å². The third-order valence-electron chi connectivity index (χ3n) is 4.26. The molecule has 0 saturated heterocycles. The maximum absolute atomic E-state index is 10.6. The van der Waals surface area contributed by atoms with E-state index >= 15 is 0 Å². The van der Waals surface area contributed by atoms with Crippen molar-refractivity contribution in [2.45, 2.75) is 25.8 Å². The van der Waals surface area contributed by atoms with Crippen LogP contribution in [-0.2, 0) is 36.2 Å². The van der Waals surface area contributed by atoms with Gasteiger partial charge in [-0.1, -0.05) is 6.08 Å².